The first kappa shape index (κ1) is 36.6. The third-order valence-corrected chi connectivity index (χ3v) is 6.72. The molecule has 0 atom stereocenters. The van der Waals surface area contributed by atoms with E-state index < -0.39 is 12.1 Å². The summed E-state index contributed by atoms with van der Waals surface area (Å²) in [5.41, 5.74) is 9.49. The van der Waals surface area contributed by atoms with E-state index in [1.165, 1.54) is 0 Å². The van der Waals surface area contributed by atoms with Gasteiger partial charge in [0, 0.05) is 31.5 Å². The van der Waals surface area contributed by atoms with Crippen molar-refractivity contribution in [2.75, 3.05) is 12.0 Å². The molecule has 4 rings (SSSR count). The maximum absolute atomic E-state index is 13.7. The van der Waals surface area contributed by atoms with Crippen molar-refractivity contribution in [3.63, 3.8) is 0 Å². The van der Waals surface area contributed by atoms with Gasteiger partial charge in [0.1, 0.15) is 11.5 Å². The zero-order valence-corrected chi connectivity index (χ0v) is 25.9. The highest BCUT2D eigenvalue weighted by Crippen LogP contribution is 2.34. The van der Waals surface area contributed by atoms with Crippen LogP contribution in [0.1, 0.15) is 35.1 Å². The highest BCUT2D eigenvalue weighted by molar-refractivity contribution is 5.96. The smallest absolute Gasteiger partial charge is 0.490 e. The number of benzene rings is 4. The summed E-state index contributed by atoms with van der Waals surface area (Å²) >= 11 is 0. The van der Waals surface area contributed by atoms with Crippen molar-refractivity contribution in [2.24, 2.45) is 5.73 Å². The van der Waals surface area contributed by atoms with Gasteiger partial charge >= 0.3 is 12.1 Å². The van der Waals surface area contributed by atoms with Crippen molar-refractivity contribution in [3.05, 3.63) is 119 Å². The number of para-hydroxylation sites is 3. The molecule has 0 aliphatic carbocycles. The molecule has 48 heavy (non-hydrogen) atoms. The Morgan fingerprint density at radius 3 is 2.17 bits per heavy atom. The van der Waals surface area contributed by atoms with Gasteiger partial charge in [-0.2, -0.15) is 18.4 Å². The molecule has 13 heteroatoms. The van der Waals surface area contributed by atoms with Crippen molar-refractivity contribution < 1.29 is 42.1 Å². The molecular formula is C35H33F3N4O6. The van der Waals surface area contributed by atoms with Crippen LogP contribution in [0.5, 0.6) is 17.2 Å². The molecule has 0 saturated carbocycles. The van der Waals surface area contributed by atoms with Crippen LogP contribution in [0.3, 0.4) is 0 Å². The standard InChI is InChI=1S/C33H32N4O4.C2HF3O2/c1-40-30-11-4-2-8-27(30)22-36-32(38)17-18-33(39)37(23-25-15-13-24(20-34)14-16-25)29-10-3-5-12-31(29)41-28-9-6-7-26(19-28)21-35;3-2(4,5)1(6)7/h2-16,19H,17-18,21-23,35H2,1H3,(H,36,38);(H,6,7). The lowest BCUT2D eigenvalue weighted by atomic mass is 10.1. The van der Waals surface area contributed by atoms with Crippen LogP contribution in [-0.2, 0) is 34.0 Å². The van der Waals surface area contributed by atoms with E-state index in [1.807, 2.05) is 78.9 Å². The second-order valence-electron chi connectivity index (χ2n) is 10.1. The average molecular weight is 663 g/mol. The van der Waals surface area contributed by atoms with Crippen LogP contribution >= 0.6 is 0 Å². The molecule has 250 valence electrons. The number of carbonyl (C=O) groups excluding carboxylic acids is 2. The number of anilines is 1. The van der Waals surface area contributed by atoms with Gasteiger partial charge < -0.3 is 30.5 Å². The number of nitrogens with two attached hydrogens (primary N) is 1. The van der Waals surface area contributed by atoms with E-state index in [9.17, 15) is 28.0 Å². The molecule has 0 radical (unpaired) electrons. The van der Waals surface area contributed by atoms with E-state index >= 15 is 0 Å². The third-order valence-electron chi connectivity index (χ3n) is 6.72. The van der Waals surface area contributed by atoms with Crippen LogP contribution < -0.4 is 25.4 Å². The average Bonchev–Trinajstić information content (AvgIpc) is 3.09. The fraction of sp³-hybridized carbons (Fsp3) is 0.200. The molecule has 0 heterocycles. The summed E-state index contributed by atoms with van der Waals surface area (Å²) in [7, 11) is 1.58. The lowest BCUT2D eigenvalue weighted by molar-refractivity contribution is -0.192. The number of halogens is 3. The molecule has 0 unspecified atom stereocenters. The highest BCUT2D eigenvalue weighted by Gasteiger charge is 2.38. The molecule has 0 spiro atoms. The molecular weight excluding hydrogens is 629 g/mol. The fourth-order valence-corrected chi connectivity index (χ4v) is 4.29. The second-order valence-corrected chi connectivity index (χ2v) is 10.1. The molecule has 0 bridgehead atoms. The number of nitriles is 1. The van der Waals surface area contributed by atoms with Crippen LogP contribution in [0.2, 0.25) is 0 Å². The molecule has 0 saturated heterocycles. The molecule has 4 N–H and O–H groups in total. The molecule has 0 aliphatic rings. The van der Waals surface area contributed by atoms with E-state index in [-0.39, 0.29) is 31.2 Å². The van der Waals surface area contributed by atoms with Crippen molar-refractivity contribution in [2.45, 2.75) is 38.7 Å². The van der Waals surface area contributed by atoms with Crippen LogP contribution in [-0.4, -0.2) is 36.2 Å². The lowest BCUT2D eigenvalue weighted by Crippen LogP contribution is -2.32. The Morgan fingerprint density at radius 2 is 1.54 bits per heavy atom. The minimum atomic E-state index is -5.08. The summed E-state index contributed by atoms with van der Waals surface area (Å²) in [6, 6.07) is 31.3. The number of carboxylic acid groups (broad SMARTS) is 1. The van der Waals surface area contributed by atoms with Gasteiger partial charge in [-0.25, -0.2) is 4.79 Å². The number of nitrogens with zero attached hydrogens (tertiary/aromatic N) is 2. The number of alkyl halides is 3. The van der Waals surface area contributed by atoms with Crippen LogP contribution in [0.25, 0.3) is 0 Å². The summed E-state index contributed by atoms with van der Waals surface area (Å²) in [6.45, 7) is 0.905. The number of carboxylic acids is 1. The third kappa shape index (κ3) is 11.2. The number of ether oxygens (including phenoxy) is 2. The molecule has 10 nitrogen and oxygen atoms in total. The minimum absolute atomic E-state index is 0.00890. The second kappa shape index (κ2) is 17.7. The summed E-state index contributed by atoms with van der Waals surface area (Å²) < 4.78 is 43.3. The molecule has 4 aromatic rings. The zero-order valence-electron chi connectivity index (χ0n) is 25.9. The van der Waals surface area contributed by atoms with Gasteiger partial charge in [-0.1, -0.05) is 54.6 Å². The maximum Gasteiger partial charge on any atom is 0.490 e. The number of carbonyl (C=O) groups is 3. The van der Waals surface area contributed by atoms with Crippen LogP contribution in [0.4, 0.5) is 18.9 Å². The first-order chi connectivity index (χ1) is 22.9. The van der Waals surface area contributed by atoms with Crippen LogP contribution in [0.15, 0.2) is 97.1 Å². The van der Waals surface area contributed by atoms with E-state index in [0.717, 1.165) is 16.7 Å². The Labute approximate surface area is 275 Å². The van der Waals surface area contributed by atoms with Gasteiger partial charge in [0.05, 0.1) is 31.0 Å². The minimum Gasteiger partial charge on any atom is -0.496 e. The normalized spacial score (nSPS) is 10.5. The number of nitrogens with one attached hydrogen (secondary N) is 1. The maximum atomic E-state index is 13.7. The number of hydrogen-bond donors (Lipinski definition) is 3. The summed E-state index contributed by atoms with van der Waals surface area (Å²) in [5, 5.41) is 19.2. The lowest BCUT2D eigenvalue weighted by Gasteiger charge is -2.25. The van der Waals surface area contributed by atoms with E-state index in [4.69, 9.17) is 25.1 Å². The van der Waals surface area contributed by atoms with E-state index in [1.54, 1.807) is 30.2 Å². The number of amides is 2. The largest absolute Gasteiger partial charge is 0.496 e. The summed E-state index contributed by atoms with van der Waals surface area (Å²) in [4.78, 5) is 36.8. The van der Waals surface area contributed by atoms with Gasteiger partial charge in [0.25, 0.3) is 0 Å². The Kier molecular flexibility index (Phi) is 13.5. The quantitative estimate of drug-likeness (QED) is 0.165. The Balaban J connectivity index is 0.000000804. The number of methoxy groups -OCH3 is 1. The monoisotopic (exact) mass is 662 g/mol. The van der Waals surface area contributed by atoms with Gasteiger partial charge in [-0.3, -0.25) is 9.59 Å². The van der Waals surface area contributed by atoms with Crippen LogP contribution in [0, 0.1) is 11.3 Å². The fourth-order valence-electron chi connectivity index (χ4n) is 4.29. The Hall–Kier alpha value is -5.87. The van der Waals surface area contributed by atoms with Gasteiger partial charge in [0.15, 0.2) is 5.75 Å². The van der Waals surface area contributed by atoms with Gasteiger partial charge in [0.2, 0.25) is 11.8 Å². The molecule has 2 amide bonds. The first-order valence-electron chi connectivity index (χ1n) is 14.5. The zero-order chi connectivity index (χ0) is 35.1. The van der Waals surface area contributed by atoms with E-state index in [2.05, 4.69) is 11.4 Å². The van der Waals surface area contributed by atoms with Crippen molar-refractivity contribution in [3.8, 4) is 23.3 Å². The predicted octanol–water partition coefficient (Wildman–Crippen LogP) is 6.08. The van der Waals surface area contributed by atoms with Gasteiger partial charge in [-0.05, 0) is 53.6 Å². The van der Waals surface area contributed by atoms with Crippen molar-refractivity contribution in [1.29, 1.82) is 5.26 Å². The summed E-state index contributed by atoms with van der Waals surface area (Å²) in [5.74, 6) is -1.47. The molecule has 0 fully saturated rings. The Morgan fingerprint density at radius 1 is 0.896 bits per heavy atom. The van der Waals surface area contributed by atoms with Crippen molar-refractivity contribution in [1.82, 2.24) is 5.32 Å². The predicted molar refractivity (Wildman–Crippen MR) is 171 cm³/mol. The number of rotatable bonds is 12. The summed E-state index contributed by atoms with van der Waals surface area (Å²) in [6.07, 6.45) is -5.08. The van der Waals surface area contributed by atoms with Crippen molar-refractivity contribution >= 4 is 23.5 Å². The topological polar surface area (TPSA) is 155 Å². The highest BCUT2D eigenvalue weighted by atomic mass is 19.4. The molecule has 4 aromatic carbocycles. The number of aliphatic carboxylic acids is 1. The Bertz CT molecular complexity index is 1740. The number of hydrogen-bond acceptors (Lipinski definition) is 7. The van der Waals surface area contributed by atoms with Gasteiger partial charge in [-0.15, -0.1) is 0 Å². The first-order valence-corrected chi connectivity index (χ1v) is 14.5. The van der Waals surface area contributed by atoms with E-state index in [0.29, 0.717) is 41.6 Å². The SMILES string of the molecule is COc1ccccc1CNC(=O)CCC(=O)N(Cc1ccc(C#N)cc1)c1ccccc1Oc1cccc(CN)c1.O=C(O)C(F)(F)F. The molecule has 0 aliphatic heterocycles. The molecule has 0 aromatic heterocycles.